The first-order valence-electron chi connectivity index (χ1n) is 14.1. The summed E-state index contributed by atoms with van der Waals surface area (Å²) in [6.45, 7) is 6.87. The number of carbonyl (C=O) groups is 1. The Bertz CT molecular complexity index is 1310. The van der Waals surface area contributed by atoms with Crippen LogP contribution in [0, 0.1) is 11.2 Å². The number of fused-ring (bicyclic) bond motifs is 1. The zero-order valence-electron chi connectivity index (χ0n) is 23.5. The largest absolute Gasteiger partial charge is 0.471 e. The molecule has 1 fully saturated rings. The van der Waals surface area contributed by atoms with Crippen LogP contribution in [0.2, 0.25) is 0 Å². The smallest absolute Gasteiger partial charge is 0.270 e. The normalized spacial score (nSPS) is 19.2. The minimum Gasteiger partial charge on any atom is -0.471 e. The molecule has 1 amide bonds. The van der Waals surface area contributed by atoms with Crippen molar-refractivity contribution in [2.45, 2.75) is 83.1 Å². The second-order valence-corrected chi connectivity index (χ2v) is 12.5. The molecule has 3 aromatic rings. The molecule has 1 saturated carbocycles. The Hall–Kier alpha value is -3.36. The van der Waals surface area contributed by atoms with Gasteiger partial charge in [-0.25, -0.2) is 9.37 Å². The number of aliphatic hydroxyl groups excluding tert-OH is 1. The van der Waals surface area contributed by atoms with Crippen molar-refractivity contribution in [3.8, 4) is 5.88 Å². The summed E-state index contributed by atoms with van der Waals surface area (Å²) in [5, 5.41) is 17.9. The lowest BCUT2D eigenvalue weighted by molar-refractivity contribution is -0.0421. The minimum atomic E-state index is -0.910. The van der Waals surface area contributed by atoms with E-state index in [1.54, 1.807) is 36.5 Å². The van der Waals surface area contributed by atoms with Crippen LogP contribution in [0.25, 0.3) is 0 Å². The predicted octanol–water partition coefficient (Wildman–Crippen LogP) is 4.94. The van der Waals surface area contributed by atoms with Crippen LogP contribution in [0.5, 0.6) is 5.88 Å². The standard InChI is InChI=1S/C32H39FN4O3/c1-31(2,3)17-22-15-24-27(18-32(12-6-13-32)40-30(24)36-19-22)35-20-28(38)26(16-21-8-10-23(33)11-9-21)37-29(39)25-7-4-5-14-34-25/h4-5,7-11,14-15,19,26-28,35,38H,6,12-13,16-18,20H2,1-3H3,(H,37,39)/t26-,27-,28-/m0/s1. The number of rotatable bonds is 9. The van der Waals surface area contributed by atoms with E-state index in [9.17, 15) is 14.3 Å². The second-order valence-electron chi connectivity index (χ2n) is 12.5. The van der Waals surface area contributed by atoms with Crippen LogP contribution in [0.4, 0.5) is 4.39 Å². The van der Waals surface area contributed by atoms with E-state index < -0.39 is 12.1 Å². The Labute approximate surface area is 235 Å². The van der Waals surface area contributed by atoms with Crippen LogP contribution in [0.15, 0.2) is 60.9 Å². The maximum atomic E-state index is 13.5. The van der Waals surface area contributed by atoms with Crippen molar-refractivity contribution in [1.82, 2.24) is 20.6 Å². The Kier molecular flexibility index (Phi) is 8.19. The van der Waals surface area contributed by atoms with Gasteiger partial charge in [0.15, 0.2) is 0 Å². The molecule has 7 nitrogen and oxygen atoms in total. The fourth-order valence-corrected chi connectivity index (χ4v) is 5.65. The summed E-state index contributed by atoms with van der Waals surface area (Å²) in [6, 6.07) is 12.8. The van der Waals surface area contributed by atoms with Crippen molar-refractivity contribution in [2.75, 3.05) is 6.54 Å². The quantitative estimate of drug-likeness (QED) is 0.352. The fraction of sp³-hybridized carbons (Fsp3) is 0.469. The highest BCUT2D eigenvalue weighted by Gasteiger charge is 2.46. The zero-order valence-corrected chi connectivity index (χ0v) is 23.5. The number of nitrogens with one attached hydrogen (secondary N) is 2. The third kappa shape index (κ3) is 6.85. The number of hydrogen-bond donors (Lipinski definition) is 3. The molecular weight excluding hydrogens is 507 g/mol. The molecule has 40 heavy (non-hydrogen) atoms. The summed E-state index contributed by atoms with van der Waals surface area (Å²) >= 11 is 0. The van der Waals surface area contributed by atoms with Crippen molar-refractivity contribution in [3.63, 3.8) is 0 Å². The van der Waals surface area contributed by atoms with Gasteiger partial charge in [-0.15, -0.1) is 0 Å². The second kappa shape index (κ2) is 11.6. The van der Waals surface area contributed by atoms with Crippen molar-refractivity contribution >= 4 is 5.91 Å². The van der Waals surface area contributed by atoms with Gasteiger partial charge in [-0.2, -0.15) is 0 Å². The molecule has 212 valence electrons. The average molecular weight is 547 g/mol. The zero-order chi connectivity index (χ0) is 28.3. The molecule has 0 saturated heterocycles. The molecule has 0 unspecified atom stereocenters. The van der Waals surface area contributed by atoms with E-state index in [-0.39, 0.29) is 41.0 Å². The molecule has 5 rings (SSSR count). The Morgan fingerprint density at radius 3 is 2.58 bits per heavy atom. The average Bonchev–Trinajstić information content (AvgIpc) is 2.91. The van der Waals surface area contributed by atoms with Gasteiger partial charge in [0.25, 0.3) is 5.91 Å². The van der Waals surface area contributed by atoms with E-state index in [1.807, 2.05) is 6.20 Å². The maximum absolute atomic E-state index is 13.5. The molecule has 1 aromatic carbocycles. The number of hydrogen-bond acceptors (Lipinski definition) is 6. The number of halogens is 1. The van der Waals surface area contributed by atoms with Gasteiger partial charge in [0.1, 0.15) is 17.1 Å². The molecule has 1 spiro atoms. The van der Waals surface area contributed by atoms with Crippen molar-refractivity contribution in [2.24, 2.45) is 5.41 Å². The maximum Gasteiger partial charge on any atom is 0.270 e. The van der Waals surface area contributed by atoms with E-state index in [2.05, 4.69) is 42.5 Å². The van der Waals surface area contributed by atoms with Crippen LogP contribution >= 0.6 is 0 Å². The summed E-state index contributed by atoms with van der Waals surface area (Å²) in [5.74, 6) is -0.0304. The lowest BCUT2D eigenvalue weighted by atomic mass is 9.73. The Morgan fingerprint density at radius 2 is 1.93 bits per heavy atom. The van der Waals surface area contributed by atoms with E-state index in [1.165, 1.54) is 12.1 Å². The molecule has 2 aromatic heterocycles. The van der Waals surface area contributed by atoms with Crippen LogP contribution in [0.1, 0.15) is 79.7 Å². The lowest BCUT2D eigenvalue weighted by Crippen LogP contribution is -2.52. The van der Waals surface area contributed by atoms with Gasteiger partial charge < -0.3 is 20.5 Å². The van der Waals surface area contributed by atoms with E-state index in [4.69, 9.17) is 9.72 Å². The molecule has 8 heteroatoms. The first-order chi connectivity index (χ1) is 19.1. The van der Waals surface area contributed by atoms with Gasteiger partial charge >= 0.3 is 0 Å². The van der Waals surface area contributed by atoms with Crippen LogP contribution < -0.4 is 15.4 Å². The number of pyridine rings is 2. The SMILES string of the molecule is CC(C)(C)Cc1cnc2c(c1)[C@@H](NC[C@H](O)[C@H](Cc1ccc(F)cc1)NC(=O)c1ccccn1)CC1(CCC1)O2. The van der Waals surface area contributed by atoms with Gasteiger partial charge in [0, 0.05) is 37.0 Å². The minimum absolute atomic E-state index is 0.0379. The molecular formula is C32H39FN4O3. The molecule has 0 radical (unpaired) electrons. The molecule has 2 aliphatic rings. The Morgan fingerprint density at radius 1 is 1.15 bits per heavy atom. The van der Waals surface area contributed by atoms with Gasteiger partial charge in [0.05, 0.1) is 12.1 Å². The summed E-state index contributed by atoms with van der Waals surface area (Å²) < 4.78 is 19.9. The number of aromatic nitrogens is 2. The van der Waals surface area contributed by atoms with Crippen molar-refractivity contribution in [3.05, 3.63) is 89.1 Å². The number of ether oxygens (including phenoxy) is 1. The summed E-state index contributed by atoms with van der Waals surface area (Å²) in [4.78, 5) is 21.8. The van der Waals surface area contributed by atoms with E-state index in [0.717, 1.165) is 48.8 Å². The predicted molar refractivity (Wildman–Crippen MR) is 152 cm³/mol. The topological polar surface area (TPSA) is 96.4 Å². The number of amides is 1. The monoisotopic (exact) mass is 546 g/mol. The van der Waals surface area contributed by atoms with E-state index >= 15 is 0 Å². The lowest BCUT2D eigenvalue weighted by Gasteiger charge is -2.47. The Balaban J connectivity index is 1.34. The molecule has 1 aliphatic heterocycles. The number of aliphatic hydroxyl groups is 1. The molecule has 0 bridgehead atoms. The van der Waals surface area contributed by atoms with Gasteiger partial charge in [-0.05, 0) is 79.0 Å². The fourth-order valence-electron chi connectivity index (χ4n) is 5.65. The van der Waals surface area contributed by atoms with Gasteiger partial charge in [-0.3, -0.25) is 9.78 Å². The van der Waals surface area contributed by atoms with Crippen LogP contribution in [-0.4, -0.2) is 45.3 Å². The number of carbonyl (C=O) groups excluding carboxylic acids is 1. The highest BCUT2D eigenvalue weighted by atomic mass is 19.1. The van der Waals surface area contributed by atoms with Gasteiger partial charge in [-0.1, -0.05) is 39.0 Å². The summed E-state index contributed by atoms with van der Waals surface area (Å²) in [6.07, 6.45) is 7.72. The third-order valence-corrected chi connectivity index (χ3v) is 7.82. The van der Waals surface area contributed by atoms with Crippen LogP contribution in [0.3, 0.4) is 0 Å². The van der Waals surface area contributed by atoms with Crippen molar-refractivity contribution < 1.29 is 19.0 Å². The van der Waals surface area contributed by atoms with Crippen molar-refractivity contribution in [1.29, 1.82) is 0 Å². The van der Waals surface area contributed by atoms with Crippen LogP contribution in [-0.2, 0) is 12.8 Å². The molecule has 3 heterocycles. The number of benzene rings is 1. The number of nitrogens with zero attached hydrogens (tertiary/aromatic N) is 2. The summed E-state index contributed by atoms with van der Waals surface area (Å²) in [5.41, 5.74) is 3.17. The first kappa shape index (κ1) is 28.2. The van der Waals surface area contributed by atoms with Gasteiger partial charge in [0.2, 0.25) is 5.88 Å². The first-order valence-corrected chi connectivity index (χ1v) is 14.1. The highest BCUT2D eigenvalue weighted by Crippen LogP contribution is 2.48. The summed E-state index contributed by atoms with van der Waals surface area (Å²) in [7, 11) is 0. The molecule has 1 aliphatic carbocycles. The van der Waals surface area contributed by atoms with E-state index in [0.29, 0.717) is 12.3 Å². The third-order valence-electron chi connectivity index (χ3n) is 7.82. The molecule has 3 N–H and O–H groups in total. The molecule has 3 atom stereocenters. The highest BCUT2D eigenvalue weighted by molar-refractivity contribution is 5.92.